The fraction of sp³-hybridized carbons (Fsp3) is 0.652. The summed E-state index contributed by atoms with van der Waals surface area (Å²) in [4.78, 5) is 15.4. The van der Waals surface area contributed by atoms with E-state index in [0.717, 1.165) is 62.5 Å². The molecule has 2 aliphatic rings. The van der Waals surface area contributed by atoms with Crippen molar-refractivity contribution in [3.8, 4) is 0 Å². The lowest BCUT2D eigenvalue weighted by atomic mass is 9.94. The Balaban J connectivity index is 1.28. The predicted molar refractivity (Wildman–Crippen MR) is 115 cm³/mol. The Labute approximate surface area is 173 Å². The van der Waals surface area contributed by atoms with E-state index in [1.165, 1.54) is 19.4 Å². The normalized spacial score (nSPS) is 19.8. The fourth-order valence-electron chi connectivity index (χ4n) is 4.51. The van der Waals surface area contributed by atoms with Crippen molar-refractivity contribution in [2.45, 2.75) is 45.6 Å². The molecule has 0 saturated carbocycles. The van der Waals surface area contributed by atoms with Gasteiger partial charge in [0, 0.05) is 43.9 Å². The van der Waals surface area contributed by atoms with Crippen LogP contribution < -0.4 is 5.32 Å². The van der Waals surface area contributed by atoms with Crippen molar-refractivity contribution in [1.82, 2.24) is 20.0 Å². The number of hydrogen-bond acceptors (Lipinski definition) is 4. The minimum Gasteiger partial charge on any atom is -0.381 e. The molecule has 4 rings (SSSR count). The molecule has 1 aromatic heterocycles. The molecule has 0 bridgehead atoms. The van der Waals surface area contributed by atoms with E-state index in [9.17, 15) is 4.79 Å². The van der Waals surface area contributed by atoms with Crippen molar-refractivity contribution in [3.05, 3.63) is 30.0 Å². The maximum atomic E-state index is 12.8. The zero-order valence-electron chi connectivity index (χ0n) is 17.8. The summed E-state index contributed by atoms with van der Waals surface area (Å²) in [6.45, 7) is 10.3. The molecule has 2 aliphatic heterocycles. The van der Waals surface area contributed by atoms with E-state index in [-0.39, 0.29) is 11.9 Å². The van der Waals surface area contributed by atoms with Gasteiger partial charge >= 0.3 is 0 Å². The van der Waals surface area contributed by atoms with Crippen LogP contribution in [0.25, 0.3) is 10.9 Å². The highest BCUT2D eigenvalue weighted by Gasteiger charge is 2.23. The first-order valence-electron chi connectivity index (χ1n) is 11.2. The van der Waals surface area contributed by atoms with E-state index in [1.54, 1.807) is 0 Å². The average molecular weight is 399 g/mol. The van der Waals surface area contributed by atoms with E-state index in [2.05, 4.69) is 29.2 Å². The maximum Gasteiger partial charge on any atom is 0.253 e. The Kier molecular flexibility index (Phi) is 6.50. The number of nitrogens with zero attached hydrogens (tertiary/aromatic N) is 3. The first-order chi connectivity index (χ1) is 14.1. The Bertz CT molecular complexity index is 817. The van der Waals surface area contributed by atoms with Crippen LogP contribution in [0.3, 0.4) is 0 Å². The van der Waals surface area contributed by atoms with Crippen LogP contribution in [-0.2, 0) is 4.74 Å². The molecule has 6 nitrogen and oxygen atoms in total. The van der Waals surface area contributed by atoms with Gasteiger partial charge in [0.15, 0.2) is 0 Å². The van der Waals surface area contributed by atoms with Gasteiger partial charge in [-0.2, -0.15) is 5.10 Å². The van der Waals surface area contributed by atoms with Gasteiger partial charge < -0.3 is 15.0 Å². The number of carbonyl (C=O) groups excluding carboxylic acids is 1. The largest absolute Gasteiger partial charge is 0.381 e. The smallest absolute Gasteiger partial charge is 0.253 e. The van der Waals surface area contributed by atoms with Gasteiger partial charge in [0.25, 0.3) is 5.91 Å². The summed E-state index contributed by atoms with van der Waals surface area (Å²) in [5, 5.41) is 8.83. The molecular weight excluding hydrogens is 364 g/mol. The molecule has 29 heavy (non-hydrogen) atoms. The number of amides is 1. The summed E-state index contributed by atoms with van der Waals surface area (Å²) >= 11 is 0. The summed E-state index contributed by atoms with van der Waals surface area (Å²) in [6, 6.07) is 6.13. The lowest BCUT2D eigenvalue weighted by molar-refractivity contribution is 0.0467. The molecule has 1 aromatic carbocycles. The second-order valence-corrected chi connectivity index (χ2v) is 8.96. The summed E-state index contributed by atoms with van der Waals surface area (Å²) in [7, 11) is 0. The molecular formula is C23H34N4O2. The fourth-order valence-corrected chi connectivity index (χ4v) is 4.51. The molecule has 0 unspecified atom stereocenters. The van der Waals surface area contributed by atoms with Crippen molar-refractivity contribution >= 4 is 16.8 Å². The second-order valence-electron chi connectivity index (χ2n) is 8.96. The van der Waals surface area contributed by atoms with E-state index in [1.807, 2.05) is 29.1 Å². The predicted octanol–water partition coefficient (Wildman–Crippen LogP) is 3.49. The SMILES string of the molecule is CC(C)n1cc2cccc(C(=O)NCC3CCN(CC4CCOCC4)CC3)c2n1. The van der Waals surface area contributed by atoms with Crippen molar-refractivity contribution in [3.63, 3.8) is 0 Å². The number of likely N-dealkylation sites (tertiary alicyclic amines) is 1. The first-order valence-corrected chi connectivity index (χ1v) is 11.2. The highest BCUT2D eigenvalue weighted by atomic mass is 16.5. The van der Waals surface area contributed by atoms with Crippen molar-refractivity contribution in [2.75, 3.05) is 39.4 Å². The number of ether oxygens (including phenoxy) is 1. The van der Waals surface area contributed by atoms with Crippen LogP contribution in [0.4, 0.5) is 0 Å². The summed E-state index contributed by atoms with van der Waals surface area (Å²) in [5.41, 5.74) is 1.48. The lowest BCUT2D eigenvalue weighted by Gasteiger charge is -2.35. The van der Waals surface area contributed by atoms with Crippen LogP contribution in [0, 0.1) is 11.8 Å². The Morgan fingerprint density at radius 2 is 1.93 bits per heavy atom. The third-order valence-electron chi connectivity index (χ3n) is 6.44. The highest BCUT2D eigenvalue weighted by molar-refractivity contribution is 6.05. The Hall–Kier alpha value is -1.92. The van der Waals surface area contributed by atoms with Gasteiger partial charge in [-0.05, 0) is 70.5 Å². The van der Waals surface area contributed by atoms with Crippen LogP contribution in [0.5, 0.6) is 0 Å². The van der Waals surface area contributed by atoms with E-state index in [0.29, 0.717) is 11.5 Å². The summed E-state index contributed by atoms with van der Waals surface area (Å²) in [5.74, 6) is 1.36. The van der Waals surface area contributed by atoms with Crippen molar-refractivity contribution < 1.29 is 9.53 Å². The molecule has 0 aliphatic carbocycles. The number of aromatic nitrogens is 2. The van der Waals surface area contributed by atoms with Crippen LogP contribution in [-0.4, -0.2) is 60.0 Å². The molecule has 2 aromatic rings. The number of nitrogens with one attached hydrogen (secondary N) is 1. The number of benzene rings is 1. The topological polar surface area (TPSA) is 59.4 Å². The standard InChI is InChI=1S/C23H34N4O2/c1-17(2)27-16-20-4-3-5-21(22(20)25-27)23(28)24-14-18-6-10-26(11-7-18)15-19-8-12-29-13-9-19/h3-5,16-19H,6-15H2,1-2H3,(H,24,28). The molecule has 0 radical (unpaired) electrons. The van der Waals surface area contributed by atoms with Crippen LogP contribution in [0.2, 0.25) is 0 Å². The van der Waals surface area contributed by atoms with Gasteiger partial charge in [-0.25, -0.2) is 0 Å². The summed E-state index contributed by atoms with van der Waals surface area (Å²) in [6.07, 6.45) is 6.75. The molecule has 1 amide bonds. The number of carbonyl (C=O) groups is 1. The van der Waals surface area contributed by atoms with E-state index < -0.39 is 0 Å². The molecule has 0 atom stereocenters. The van der Waals surface area contributed by atoms with E-state index >= 15 is 0 Å². The second kappa shape index (κ2) is 9.26. The molecule has 3 heterocycles. The highest BCUT2D eigenvalue weighted by Crippen LogP contribution is 2.22. The number of fused-ring (bicyclic) bond motifs is 1. The van der Waals surface area contributed by atoms with E-state index in [4.69, 9.17) is 4.74 Å². The van der Waals surface area contributed by atoms with Crippen LogP contribution >= 0.6 is 0 Å². The van der Waals surface area contributed by atoms with Gasteiger partial charge in [-0.3, -0.25) is 9.48 Å². The zero-order chi connectivity index (χ0) is 20.2. The molecule has 2 fully saturated rings. The molecule has 6 heteroatoms. The van der Waals surface area contributed by atoms with Crippen LogP contribution in [0.15, 0.2) is 24.4 Å². The van der Waals surface area contributed by atoms with Crippen LogP contribution in [0.1, 0.15) is 55.9 Å². The monoisotopic (exact) mass is 398 g/mol. The molecule has 158 valence electrons. The molecule has 0 spiro atoms. The van der Waals surface area contributed by atoms with Gasteiger partial charge in [-0.15, -0.1) is 0 Å². The van der Waals surface area contributed by atoms with Crippen molar-refractivity contribution in [2.24, 2.45) is 11.8 Å². The number of rotatable bonds is 6. The minimum atomic E-state index is -0.00533. The van der Waals surface area contributed by atoms with Gasteiger partial charge in [-0.1, -0.05) is 12.1 Å². The Morgan fingerprint density at radius 3 is 2.66 bits per heavy atom. The minimum absolute atomic E-state index is 0.00533. The zero-order valence-corrected chi connectivity index (χ0v) is 17.8. The summed E-state index contributed by atoms with van der Waals surface area (Å²) < 4.78 is 7.40. The van der Waals surface area contributed by atoms with Crippen molar-refractivity contribution in [1.29, 1.82) is 0 Å². The third-order valence-corrected chi connectivity index (χ3v) is 6.44. The van der Waals surface area contributed by atoms with Gasteiger partial charge in [0.05, 0.1) is 5.56 Å². The number of hydrogen-bond donors (Lipinski definition) is 1. The first kappa shape index (κ1) is 20.4. The van der Waals surface area contributed by atoms with Gasteiger partial charge in [0.2, 0.25) is 0 Å². The third kappa shape index (κ3) is 4.98. The molecule has 2 saturated heterocycles. The maximum absolute atomic E-state index is 12.8. The quantitative estimate of drug-likeness (QED) is 0.809. The average Bonchev–Trinajstić information content (AvgIpc) is 3.19. The number of piperidine rings is 1. The molecule has 1 N–H and O–H groups in total. The Morgan fingerprint density at radius 1 is 1.17 bits per heavy atom. The van der Waals surface area contributed by atoms with Gasteiger partial charge in [0.1, 0.15) is 5.52 Å². The lowest BCUT2D eigenvalue weighted by Crippen LogP contribution is -2.41.